The monoisotopic (exact) mass is 307 g/mol. The molecule has 0 bridgehead atoms. The van der Waals surface area contributed by atoms with E-state index in [9.17, 15) is 10.1 Å². The van der Waals surface area contributed by atoms with Crippen LogP contribution in [-0.4, -0.2) is 24.9 Å². The number of hydrogen-bond acceptors (Lipinski definition) is 6. The molecule has 0 aliphatic heterocycles. The second-order valence-electron chi connectivity index (χ2n) is 3.73. The van der Waals surface area contributed by atoms with Gasteiger partial charge in [0.15, 0.2) is 5.65 Å². The van der Waals surface area contributed by atoms with Crippen molar-refractivity contribution in [3.63, 3.8) is 0 Å². The molecule has 0 unspecified atom stereocenters. The largest absolute Gasteiger partial charge is 0.341 e. The average Bonchev–Trinajstić information content (AvgIpc) is 2.87. The predicted molar refractivity (Wildman–Crippen MR) is 73.9 cm³/mol. The molecule has 0 spiro atoms. The van der Waals surface area contributed by atoms with Crippen LogP contribution in [0.4, 0.5) is 5.69 Å². The first-order valence-electron chi connectivity index (χ1n) is 5.41. The normalized spacial score (nSPS) is 10.8. The number of halogens is 1. The first-order chi connectivity index (χ1) is 9.66. The Hall–Kier alpha value is -2.19. The van der Waals surface area contributed by atoms with E-state index in [1.165, 1.54) is 18.7 Å². The molecule has 0 fully saturated rings. The third-order valence-corrected chi connectivity index (χ3v) is 3.88. The number of aromatic amines is 1. The number of nitro benzene ring substituents is 1. The quantitative estimate of drug-likeness (QED) is 0.453. The molecule has 2 aromatic heterocycles. The Kier molecular flexibility index (Phi) is 3.25. The fraction of sp³-hybridized carbons (Fsp3) is 0. The molecule has 7 nitrogen and oxygen atoms in total. The van der Waals surface area contributed by atoms with Gasteiger partial charge in [0.1, 0.15) is 21.9 Å². The SMILES string of the molecule is O=[N+]([O-])c1c(Cl)cccc1Sc1ncnc2nc[nH]c12. The fourth-order valence-corrected chi connectivity index (χ4v) is 2.97. The smallest absolute Gasteiger partial charge is 0.301 e. The van der Waals surface area contributed by atoms with Crippen molar-refractivity contribution in [2.75, 3.05) is 0 Å². The van der Waals surface area contributed by atoms with Crippen molar-refractivity contribution < 1.29 is 4.92 Å². The number of para-hydroxylation sites is 1. The molecule has 0 aliphatic carbocycles. The van der Waals surface area contributed by atoms with Crippen LogP contribution in [0.1, 0.15) is 0 Å². The van der Waals surface area contributed by atoms with E-state index < -0.39 is 4.92 Å². The zero-order valence-corrected chi connectivity index (χ0v) is 11.4. The highest BCUT2D eigenvalue weighted by Crippen LogP contribution is 2.39. The first kappa shape index (κ1) is 12.8. The Balaban J connectivity index is 2.10. The summed E-state index contributed by atoms with van der Waals surface area (Å²) < 4.78 is 0. The Morgan fingerprint density at radius 1 is 1.30 bits per heavy atom. The van der Waals surface area contributed by atoms with Gasteiger partial charge in [-0.3, -0.25) is 10.1 Å². The molecule has 0 saturated carbocycles. The van der Waals surface area contributed by atoms with Crippen molar-refractivity contribution in [2.45, 2.75) is 9.92 Å². The Bertz CT molecular complexity index is 806. The maximum atomic E-state index is 11.1. The first-order valence-corrected chi connectivity index (χ1v) is 6.61. The summed E-state index contributed by atoms with van der Waals surface area (Å²) in [5, 5.41) is 11.7. The number of rotatable bonds is 3. The van der Waals surface area contributed by atoms with Gasteiger partial charge in [0.05, 0.1) is 16.1 Å². The van der Waals surface area contributed by atoms with Gasteiger partial charge in [0.2, 0.25) is 0 Å². The van der Waals surface area contributed by atoms with E-state index in [0.717, 1.165) is 11.8 Å². The topological polar surface area (TPSA) is 97.6 Å². The summed E-state index contributed by atoms with van der Waals surface area (Å²) in [4.78, 5) is 26.1. The van der Waals surface area contributed by atoms with Gasteiger partial charge in [-0.25, -0.2) is 15.0 Å². The number of nitrogens with zero attached hydrogens (tertiary/aromatic N) is 4. The number of nitro groups is 1. The van der Waals surface area contributed by atoms with Crippen molar-refractivity contribution in [1.82, 2.24) is 19.9 Å². The Labute approximate surface area is 121 Å². The fourth-order valence-electron chi connectivity index (χ4n) is 1.68. The van der Waals surface area contributed by atoms with Crippen LogP contribution in [0, 0.1) is 10.1 Å². The number of fused-ring (bicyclic) bond motifs is 1. The van der Waals surface area contributed by atoms with Crippen molar-refractivity contribution in [1.29, 1.82) is 0 Å². The number of H-pyrrole nitrogens is 1. The van der Waals surface area contributed by atoms with Gasteiger partial charge in [0.25, 0.3) is 0 Å². The minimum Gasteiger partial charge on any atom is -0.341 e. The molecule has 2 heterocycles. The van der Waals surface area contributed by atoms with E-state index >= 15 is 0 Å². The third kappa shape index (κ3) is 2.19. The second-order valence-corrected chi connectivity index (χ2v) is 5.16. The minimum atomic E-state index is -0.504. The standard InChI is InChI=1S/C11H6ClN5O2S/c12-6-2-1-3-7(9(6)17(18)19)20-11-8-10(14-4-13-8)15-5-16-11/h1-5H,(H,13,14,15,16). The van der Waals surface area contributed by atoms with Gasteiger partial charge in [-0.15, -0.1) is 0 Å². The molecular weight excluding hydrogens is 302 g/mol. The molecule has 9 heteroatoms. The lowest BCUT2D eigenvalue weighted by Crippen LogP contribution is -1.93. The summed E-state index contributed by atoms with van der Waals surface area (Å²) in [7, 11) is 0. The van der Waals surface area contributed by atoms with Gasteiger partial charge >= 0.3 is 5.69 Å². The average molecular weight is 308 g/mol. The molecule has 3 aromatic rings. The maximum absolute atomic E-state index is 11.1. The Morgan fingerprint density at radius 3 is 2.95 bits per heavy atom. The lowest BCUT2D eigenvalue weighted by atomic mass is 10.3. The lowest BCUT2D eigenvalue weighted by Gasteiger charge is -2.03. The van der Waals surface area contributed by atoms with Crippen LogP contribution in [0.3, 0.4) is 0 Å². The molecule has 0 amide bonds. The van der Waals surface area contributed by atoms with Crippen LogP contribution in [0.5, 0.6) is 0 Å². The predicted octanol–water partition coefficient (Wildman–Crippen LogP) is 3.07. The molecule has 0 saturated heterocycles. The molecule has 1 aromatic carbocycles. The van der Waals surface area contributed by atoms with Crippen molar-refractivity contribution in [3.8, 4) is 0 Å². The molecule has 100 valence electrons. The van der Waals surface area contributed by atoms with Crippen molar-refractivity contribution in [2.24, 2.45) is 0 Å². The summed E-state index contributed by atoms with van der Waals surface area (Å²) in [6.45, 7) is 0. The van der Waals surface area contributed by atoms with E-state index in [1.54, 1.807) is 12.1 Å². The molecule has 0 radical (unpaired) electrons. The number of benzene rings is 1. The maximum Gasteiger partial charge on any atom is 0.301 e. The number of hydrogen-bond donors (Lipinski definition) is 1. The van der Waals surface area contributed by atoms with Crippen LogP contribution in [0.25, 0.3) is 11.2 Å². The summed E-state index contributed by atoms with van der Waals surface area (Å²) in [6.07, 6.45) is 2.86. The van der Waals surface area contributed by atoms with Crippen molar-refractivity contribution >= 4 is 40.2 Å². The molecular formula is C11H6ClN5O2S. The molecule has 3 rings (SSSR count). The zero-order chi connectivity index (χ0) is 14.1. The molecule has 20 heavy (non-hydrogen) atoms. The van der Waals surface area contributed by atoms with Crippen molar-refractivity contribution in [3.05, 3.63) is 46.0 Å². The third-order valence-electron chi connectivity index (χ3n) is 2.53. The number of nitrogens with one attached hydrogen (secondary N) is 1. The van der Waals surface area contributed by atoms with Gasteiger partial charge in [0, 0.05) is 0 Å². The van der Waals surface area contributed by atoms with Crippen LogP contribution < -0.4 is 0 Å². The van der Waals surface area contributed by atoms with E-state index in [-0.39, 0.29) is 10.7 Å². The van der Waals surface area contributed by atoms with Crippen LogP contribution in [0.15, 0.2) is 40.8 Å². The highest BCUT2D eigenvalue weighted by atomic mass is 35.5. The molecule has 0 atom stereocenters. The van der Waals surface area contributed by atoms with E-state index in [4.69, 9.17) is 11.6 Å². The number of aromatic nitrogens is 4. The van der Waals surface area contributed by atoms with Gasteiger partial charge in [-0.2, -0.15) is 0 Å². The molecule has 0 aliphatic rings. The van der Waals surface area contributed by atoms with Gasteiger partial charge in [-0.05, 0) is 12.1 Å². The number of imidazole rings is 1. The zero-order valence-electron chi connectivity index (χ0n) is 9.78. The summed E-state index contributed by atoms with van der Waals surface area (Å²) >= 11 is 7.02. The molecule has 1 N–H and O–H groups in total. The summed E-state index contributed by atoms with van der Waals surface area (Å²) in [6, 6.07) is 4.76. The highest BCUT2D eigenvalue weighted by Gasteiger charge is 2.20. The summed E-state index contributed by atoms with van der Waals surface area (Å²) in [5.41, 5.74) is 1.00. The van der Waals surface area contributed by atoms with Crippen LogP contribution in [0.2, 0.25) is 5.02 Å². The van der Waals surface area contributed by atoms with Gasteiger partial charge < -0.3 is 4.98 Å². The minimum absolute atomic E-state index is 0.0925. The summed E-state index contributed by atoms with van der Waals surface area (Å²) in [5.74, 6) is 0. The Morgan fingerprint density at radius 2 is 2.15 bits per heavy atom. The lowest BCUT2D eigenvalue weighted by molar-refractivity contribution is -0.387. The van der Waals surface area contributed by atoms with Crippen LogP contribution >= 0.6 is 23.4 Å². The van der Waals surface area contributed by atoms with E-state index in [0.29, 0.717) is 21.1 Å². The highest BCUT2D eigenvalue weighted by molar-refractivity contribution is 7.99. The van der Waals surface area contributed by atoms with Gasteiger partial charge in [-0.1, -0.05) is 29.4 Å². The second kappa shape index (κ2) is 5.06. The van der Waals surface area contributed by atoms with E-state index in [2.05, 4.69) is 19.9 Å². The van der Waals surface area contributed by atoms with Crippen LogP contribution in [-0.2, 0) is 0 Å². The van der Waals surface area contributed by atoms with E-state index in [1.807, 2.05) is 0 Å².